The number of amides is 1. The molecule has 2 N–H and O–H groups in total. The van der Waals surface area contributed by atoms with Crippen LogP contribution in [0.15, 0.2) is 42.5 Å². The van der Waals surface area contributed by atoms with Crippen molar-refractivity contribution < 1.29 is 4.79 Å². The van der Waals surface area contributed by atoms with Crippen molar-refractivity contribution in [2.45, 2.75) is 13.3 Å². The van der Waals surface area contributed by atoms with Gasteiger partial charge in [0.15, 0.2) is 0 Å². The van der Waals surface area contributed by atoms with Gasteiger partial charge in [-0.25, -0.2) is 4.98 Å². The Morgan fingerprint density at radius 3 is 2.74 bits per heavy atom. The van der Waals surface area contributed by atoms with Gasteiger partial charge in [0.05, 0.1) is 16.6 Å². The molecule has 4 nitrogen and oxygen atoms in total. The van der Waals surface area contributed by atoms with Gasteiger partial charge in [-0.3, -0.25) is 4.79 Å². The SMILES string of the molecule is CNCCCNC(=O)c1c(C)ccc2cc3ccccc3nc12. The molecular weight excluding hydrogens is 286 g/mol. The largest absolute Gasteiger partial charge is 0.352 e. The van der Waals surface area contributed by atoms with Crippen LogP contribution in [-0.4, -0.2) is 31.0 Å². The van der Waals surface area contributed by atoms with Crippen LogP contribution in [0, 0.1) is 6.92 Å². The summed E-state index contributed by atoms with van der Waals surface area (Å²) >= 11 is 0. The average molecular weight is 307 g/mol. The van der Waals surface area contributed by atoms with E-state index in [1.165, 1.54) is 0 Å². The number of hydrogen-bond acceptors (Lipinski definition) is 3. The van der Waals surface area contributed by atoms with Gasteiger partial charge in [0.2, 0.25) is 0 Å². The minimum atomic E-state index is -0.0491. The number of carbonyl (C=O) groups excluding carboxylic acids is 1. The van der Waals surface area contributed by atoms with E-state index in [-0.39, 0.29) is 5.91 Å². The molecule has 118 valence electrons. The molecule has 3 aromatic rings. The van der Waals surface area contributed by atoms with E-state index in [2.05, 4.69) is 16.7 Å². The monoisotopic (exact) mass is 307 g/mol. The number of benzene rings is 2. The van der Waals surface area contributed by atoms with Crippen LogP contribution in [0.3, 0.4) is 0 Å². The van der Waals surface area contributed by atoms with Crippen molar-refractivity contribution in [3.05, 3.63) is 53.6 Å². The number of aryl methyl sites for hydroxylation is 1. The topological polar surface area (TPSA) is 54.0 Å². The van der Waals surface area contributed by atoms with Gasteiger partial charge in [0.25, 0.3) is 5.91 Å². The van der Waals surface area contributed by atoms with Crippen molar-refractivity contribution >= 4 is 27.7 Å². The molecule has 23 heavy (non-hydrogen) atoms. The van der Waals surface area contributed by atoms with Crippen LogP contribution >= 0.6 is 0 Å². The van der Waals surface area contributed by atoms with Gasteiger partial charge >= 0.3 is 0 Å². The van der Waals surface area contributed by atoms with Gasteiger partial charge in [0.1, 0.15) is 0 Å². The highest BCUT2D eigenvalue weighted by molar-refractivity contribution is 6.08. The first-order valence-corrected chi connectivity index (χ1v) is 7.92. The van der Waals surface area contributed by atoms with E-state index in [4.69, 9.17) is 4.98 Å². The van der Waals surface area contributed by atoms with Crippen LogP contribution in [0.2, 0.25) is 0 Å². The molecule has 0 aliphatic heterocycles. The number of nitrogens with one attached hydrogen (secondary N) is 2. The van der Waals surface area contributed by atoms with Gasteiger partial charge in [-0.05, 0) is 44.6 Å². The molecule has 2 aromatic carbocycles. The van der Waals surface area contributed by atoms with E-state index >= 15 is 0 Å². The van der Waals surface area contributed by atoms with Crippen LogP contribution in [0.5, 0.6) is 0 Å². The van der Waals surface area contributed by atoms with E-state index in [0.717, 1.165) is 40.3 Å². The molecule has 3 rings (SSSR count). The third-order valence-electron chi connectivity index (χ3n) is 4.01. The second-order valence-electron chi connectivity index (χ2n) is 5.72. The van der Waals surface area contributed by atoms with Crippen molar-refractivity contribution in [3.8, 4) is 0 Å². The molecule has 0 saturated heterocycles. The van der Waals surface area contributed by atoms with Gasteiger partial charge in [-0.2, -0.15) is 0 Å². The molecule has 0 bridgehead atoms. The molecular formula is C19H21N3O. The fraction of sp³-hybridized carbons (Fsp3) is 0.263. The molecule has 0 aliphatic rings. The lowest BCUT2D eigenvalue weighted by Gasteiger charge is -2.11. The van der Waals surface area contributed by atoms with Crippen molar-refractivity contribution in [1.82, 2.24) is 15.6 Å². The first-order valence-electron chi connectivity index (χ1n) is 7.92. The fourth-order valence-corrected chi connectivity index (χ4v) is 2.79. The molecule has 0 spiro atoms. The standard InChI is InChI=1S/C19H21N3O/c1-13-8-9-15-12-14-6-3-4-7-16(14)22-18(15)17(13)19(23)21-11-5-10-20-2/h3-4,6-9,12,20H,5,10-11H2,1-2H3,(H,21,23). The highest BCUT2D eigenvalue weighted by Gasteiger charge is 2.14. The van der Waals surface area contributed by atoms with Crippen molar-refractivity contribution in [2.24, 2.45) is 0 Å². The Balaban J connectivity index is 2.02. The number of carbonyl (C=O) groups is 1. The number of aromatic nitrogens is 1. The van der Waals surface area contributed by atoms with Gasteiger partial charge in [-0.15, -0.1) is 0 Å². The van der Waals surface area contributed by atoms with Crippen LogP contribution in [0.4, 0.5) is 0 Å². The predicted octanol–water partition coefficient (Wildman–Crippen LogP) is 3.04. The maximum absolute atomic E-state index is 12.6. The Morgan fingerprint density at radius 1 is 1.09 bits per heavy atom. The summed E-state index contributed by atoms with van der Waals surface area (Å²) in [6.07, 6.45) is 0.905. The number of hydrogen-bond donors (Lipinski definition) is 2. The minimum absolute atomic E-state index is 0.0491. The maximum atomic E-state index is 12.6. The Kier molecular flexibility index (Phi) is 4.53. The van der Waals surface area contributed by atoms with E-state index in [1.54, 1.807) is 0 Å². The lowest BCUT2D eigenvalue weighted by molar-refractivity contribution is 0.0954. The third-order valence-corrected chi connectivity index (χ3v) is 4.01. The molecule has 1 aromatic heterocycles. The summed E-state index contributed by atoms with van der Waals surface area (Å²) in [7, 11) is 1.91. The molecule has 1 amide bonds. The second kappa shape index (κ2) is 6.75. The molecule has 0 aliphatic carbocycles. The van der Waals surface area contributed by atoms with Crippen LogP contribution in [-0.2, 0) is 0 Å². The van der Waals surface area contributed by atoms with E-state index in [1.807, 2.05) is 50.4 Å². The van der Waals surface area contributed by atoms with Gasteiger partial charge < -0.3 is 10.6 Å². The highest BCUT2D eigenvalue weighted by Crippen LogP contribution is 2.24. The maximum Gasteiger partial charge on any atom is 0.253 e. The summed E-state index contributed by atoms with van der Waals surface area (Å²) in [6, 6.07) is 14.1. The zero-order valence-corrected chi connectivity index (χ0v) is 13.5. The Hall–Kier alpha value is -2.46. The normalized spacial score (nSPS) is 11.0. The molecule has 1 heterocycles. The first-order chi connectivity index (χ1) is 11.2. The molecule has 4 heteroatoms. The molecule has 0 unspecified atom stereocenters. The molecule has 0 saturated carbocycles. The zero-order chi connectivity index (χ0) is 16.2. The summed E-state index contributed by atoms with van der Waals surface area (Å²) in [5, 5.41) is 8.16. The number of para-hydroxylation sites is 1. The number of nitrogens with zero attached hydrogens (tertiary/aromatic N) is 1. The summed E-state index contributed by atoms with van der Waals surface area (Å²) in [5.74, 6) is -0.0491. The lowest BCUT2D eigenvalue weighted by Crippen LogP contribution is -2.27. The second-order valence-corrected chi connectivity index (χ2v) is 5.72. The summed E-state index contributed by atoms with van der Waals surface area (Å²) in [6.45, 7) is 3.50. The van der Waals surface area contributed by atoms with Crippen LogP contribution in [0.1, 0.15) is 22.3 Å². The summed E-state index contributed by atoms with van der Waals surface area (Å²) in [4.78, 5) is 17.3. The Morgan fingerprint density at radius 2 is 1.91 bits per heavy atom. The van der Waals surface area contributed by atoms with E-state index < -0.39 is 0 Å². The summed E-state index contributed by atoms with van der Waals surface area (Å²) < 4.78 is 0. The fourth-order valence-electron chi connectivity index (χ4n) is 2.79. The zero-order valence-electron chi connectivity index (χ0n) is 13.5. The van der Waals surface area contributed by atoms with Gasteiger partial charge in [-0.1, -0.05) is 30.3 Å². The first kappa shape index (κ1) is 15.4. The third kappa shape index (κ3) is 3.17. The number of rotatable bonds is 5. The number of pyridine rings is 1. The Bertz CT molecular complexity index is 858. The van der Waals surface area contributed by atoms with Gasteiger partial charge in [0, 0.05) is 17.3 Å². The quantitative estimate of drug-likeness (QED) is 0.563. The van der Waals surface area contributed by atoms with Crippen molar-refractivity contribution in [2.75, 3.05) is 20.1 Å². The van der Waals surface area contributed by atoms with E-state index in [0.29, 0.717) is 12.1 Å². The average Bonchev–Trinajstić information content (AvgIpc) is 2.57. The lowest BCUT2D eigenvalue weighted by atomic mass is 10.0. The smallest absolute Gasteiger partial charge is 0.253 e. The Labute approximate surface area is 135 Å². The molecule has 0 radical (unpaired) electrons. The minimum Gasteiger partial charge on any atom is -0.352 e. The van der Waals surface area contributed by atoms with E-state index in [9.17, 15) is 4.79 Å². The molecule has 0 fully saturated rings. The number of fused-ring (bicyclic) bond motifs is 2. The summed E-state index contributed by atoms with van der Waals surface area (Å²) in [5.41, 5.74) is 3.31. The molecule has 0 atom stereocenters. The van der Waals surface area contributed by atoms with Crippen LogP contribution in [0.25, 0.3) is 21.8 Å². The predicted molar refractivity (Wildman–Crippen MR) is 94.9 cm³/mol. The van der Waals surface area contributed by atoms with Crippen molar-refractivity contribution in [3.63, 3.8) is 0 Å². The highest BCUT2D eigenvalue weighted by atomic mass is 16.1. The van der Waals surface area contributed by atoms with Crippen molar-refractivity contribution in [1.29, 1.82) is 0 Å². The van der Waals surface area contributed by atoms with Crippen LogP contribution < -0.4 is 10.6 Å².